The molecular weight excluding hydrogens is 366 g/mol. The number of nitrogens with two attached hydrogens (primary N) is 1. The van der Waals surface area contributed by atoms with Crippen LogP contribution in [0.25, 0.3) is 0 Å². The first kappa shape index (κ1) is 19.9. The molecule has 156 valence electrons. The lowest BCUT2D eigenvalue weighted by molar-refractivity contribution is 0.0574. The molecule has 0 bridgehead atoms. The van der Waals surface area contributed by atoms with Gasteiger partial charge in [-0.05, 0) is 44.2 Å². The number of amides is 1. The molecule has 1 atom stereocenters. The fourth-order valence-corrected chi connectivity index (χ4v) is 3.98. The molecule has 0 unspecified atom stereocenters. The normalized spacial score (nSPS) is 18.8. The second-order valence-corrected chi connectivity index (χ2v) is 8.61. The molecule has 0 saturated heterocycles. The van der Waals surface area contributed by atoms with Gasteiger partial charge in [-0.3, -0.25) is 4.79 Å². The molecule has 7 heteroatoms. The Labute approximate surface area is 172 Å². The maximum absolute atomic E-state index is 13.6. The van der Waals surface area contributed by atoms with Crippen LogP contribution < -0.4 is 10.5 Å². The third kappa shape index (κ3) is 4.15. The fraction of sp³-hybridized carbons (Fsp3) is 0.591. The summed E-state index contributed by atoms with van der Waals surface area (Å²) in [5, 5.41) is 4.74. The van der Waals surface area contributed by atoms with E-state index in [1.54, 1.807) is 0 Å². The summed E-state index contributed by atoms with van der Waals surface area (Å²) in [7, 11) is 0. The average molecular weight is 398 g/mol. The van der Waals surface area contributed by atoms with Gasteiger partial charge in [-0.25, -0.2) is 9.67 Å². The van der Waals surface area contributed by atoms with Crippen molar-refractivity contribution in [2.24, 2.45) is 11.7 Å². The number of ether oxygens (including phenoxy) is 1. The number of hydrogen-bond donors (Lipinski definition) is 1. The molecule has 29 heavy (non-hydrogen) atoms. The quantitative estimate of drug-likeness (QED) is 0.776. The van der Waals surface area contributed by atoms with Gasteiger partial charge in [0.05, 0.1) is 18.2 Å². The Morgan fingerprint density at radius 1 is 1.31 bits per heavy atom. The van der Waals surface area contributed by atoms with Crippen molar-refractivity contribution < 1.29 is 9.53 Å². The van der Waals surface area contributed by atoms with Gasteiger partial charge in [-0.15, -0.1) is 0 Å². The van der Waals surface area contributed by atoms with E-state index in [0.29, 0.717) is 49.4 Å². The van der Waals surface area contributed by atoms with Crippen molar-refractivity contribution in [3.63, 3.8) is 0 Å². The number of rotatable bonds is 7. The van der Waals surface area contributed by atoms with Gasteiger partial charge in [-0.1, -0.05) is 25.5 Å². The Bertz CT molecular complexity index is 887. The maximum Gasteiger partial charge on any atom is 0.258 e. The Morgan fingerprint density at radius 3 is 2.79 bits per heavy atom. The van der Waals surface area contributed by atoms with Gasteiger partial charge in [0.2, 0.25) is 0 Å². The van der Waals surface area contributed by atoms with Crippen LogP contribution in [0.3, 0.4) is 0 Å². The first-order chi connectivity index (χ1) is 14.0. The number of carbonyl (C=O) groups excluding carboxylic acids is 1. The highest BCUT2D eigenvalue weighted by atomic mass is 16.5. The zero-order valence-electron chi connectivity index (χ0n) is 17.6. The molecular formula is C22H31N5O2. The molecule has 2 N–H and O–H groups in total. The number of aryl methyl sites for hydroxylation is 1. The second kappa shape index (κ2) is 8.14. The highest BCUT2D eigenvalue weighted by molar-refractivity contribution is 5.97. The molecule has 4 rings (SSSR count). The smallest absolute Gasteiger partial charge is 0.258 e. The average Bonchev–Trinajstić information content (AvgIpc) is 3.45. The summed E-state index contributed by atoms with van der Waals surface area (Å²) in [4.78, 5) is 20.5. The lowest BCUT2D eigenvalue weighted by Gasteiger charge is -2.36. The molecule has 2 aliphatic rings. The van der Waals surface area contributed by atoms with Crippen LogP contribution in [-0.4, -0.2) is 45.3 Å². The molecule has 1 aliphatic carbocycles. The van der Waals surface area contributed by atoms with Gasteiger partial charge in [-0.2, -0.15) is 5.10 Å². The molecule has 2 heterocycles. The van der Waals surface area contributed by atoms with Crippen molar-refractivity contribution >= 4 is 5.91 Å². The topological polar surface area (TPSA) is 86.3 Å². The van der Waals surface area contributed by atoms with Crippen LogP contribution in [0.2, 0.25) is 0 Å². The summed E-state index contributed by atoms with van der Waals surface area (Å²) in [5.74, 6) is 3.41. The molecule has 1 aromatic heterocycles. The number of carbonyl (C=O) groups is 1. The van der Waals surface area contributed by atoms with Crippen LogP contribution in [0.4, 0.5) is 0 Å². The summed E-state index contributed by atoms with van der Waals surface area (Å²) in [6, 6.07) is 5.67. The summed E-state index contributed by atoms with van der Waals surface area (Å²) in [6.45, 7) is 8.46. The largest absolute Gasteiger partial charge is 0.491 e. The number of fused-ring (bicyclic) bond motifs is 1. The van der Waals surface area contributed by atoms with E-state index in [2.05, 4.69) is 13.8 Å². The molecule has 7 nitrogen and oxygen atoms in total. The minimum Gasteiger partial charge on any atom is -0.491 e. The second-order valence-electron chi connectivity index (χ2n) is 8.61. The third-order valence-electron chi connectivity index (χ3n) is 5.58. The monoisotopic (exact) mass is 397 g/mol. The molecule has 1 saturated carbocycles. The fourth-order valence-electron chi connectivity index (χ4n) is 3.98. The van der Waals surface area contributed by atoms with Gasteiger partial charge < -0.3 is 15.4 Å². The minimum atomic E-state index is -0.0703. The standard InChI is InChI=1S/C22H31N5O2/c1-14(2)12-18-21-24-20(16-5-6-16)25-27(21)10-9-26(18)22(28)17-13-15(3)4-7-19(17)29-11-8-23/h4,7,13-14,16,18H,5-6,8-12,23H2,1-3H3/t18-/m0/s1. The molecule has 1 amide bonds. The van der Waals surface area contributed by atoms with Crippen molar-refractivity contribution in [3.8, 4) is 5.75 Å². The van der Waals surface area contributed by atoms with E-state index < -0.39 is 0 Å². The molecule has 1 aliphatic heterocycles. The molecule has 1 aromatic carbocycles. The summed E-state index contributed by atoms with van der Waals surface area (Å²) in [6.07, 6.45) is 3.21. The van der Waals surface area contributed by atoms with Crippen LogP contribution >= 0.6 is 0 Å². The lowest BCUT2D eigenvalue weighted by Crippen LogP contribution is -2.43. The zero-order valence-corrected chi connectivity index (χ0v) is 17.6. The van der Waals surface area contributed by atoms with E-state index in [1.807, 2.05) is 34.7 Å². The highest BCUT2D eigenvalue weighted by Crippen LogP contribution is 2.40. The lowest BCUT2D eigenvalue weighted by atomic mass is 9.98. The molecule has 2 aromatic rings. The predicted octanol–water partition coefficient (Wildman–Crippen LogP) is 3.04. The SMILES string of the molecule is Cc1ccc(OCCN)c(C(=O)N2CCn3nc(C4CC4)nc3[C@@H]2CC(C)C)c1. The first-order valence-electron chi connectivity index (χ1n) is 10.7. The Hall–Kier alpha value is -2.41. The van der Waals surface area contributed by atoms with Crippen LogP contribution in [0.1, 0.15) is 72.6 Å². The van der Waals surface area contributed by atoms with Crippen LogP contribution in [0.15, 0.2) is 18.2 Å². The van der Waals surface area contributed by atoms with Crippen LogP contribution in [0.5, 0.6) is 5.75 Å². The molecule has 1 fully saturated rings. The van der Waals surface area contributed by atoms with Gasteiger partial charge in [0.15, 0.2) is 5.82 Å². The Balaban J connectivity index is 1.67. The summed E-state index contributed by atoms with van der Waals surface area (Å²) >= 11 is 0. The molecule has 0 spiro atoms. The van der Waals surface area contributed by atoms with E-state index in [1.165, 1.54) is 12.8 Å². The van der Waals surface area contributed by atoms with Crippen LogP contribution in [-0.2, 0) is 6.54 Å². The van der Waals surface area contributed by atoms with Crippen molar-refractivity contribution in [3.05, 3.63) is 41.0 Å². The molecule has 0 radical (unpaired) electrons. The Morgan fingerprint density at radius 2 is 2.10 bits per heavy atom. The third-order valence-corrected chi connectivity index (χ3v) is 5.58. The minimum absolute atomic E-state index is 0.00593. The number of aromatic nitrogens is 3. The number of benzene rings is 1. The summed E-state index contributed by atoms with van der Waals surface area (Å²) < 4.78 is 7.80. The van der Waals surface area contributed by atoms with Gasteiger partial charge in [0, 0.05) is 19.0 Å². The van der Waals surface area contributed by atoms with Crippen molar-refractivity contribution in [1.29, 1.82) is 0 Å². The van der Waals surface area contributed by atoms with Crippen molar-refractivity contribution in [2.45, 2.75) is 58.5 Å². The van der Waals surface area contributed by atoms with Crippen molar-refractivity contribution in [1.82, 2.24) is 19.7 Å². The van der Waals surface area contributed by atoms with E-state index in [9.17, 15) is 4.79 Å². The van der Waals surface area contributed by atoms with Gasteiger partial charge in [0.25, 0.3) is 5.91 Å². The number of nitrogens with zero attached hydrogens (tertiary/aromatic N) is 4. The number of hydrogen-bond acceptors (Lipinski definition) is 5. The predicted molar refractivity (Wildman–Crippen MR) is 111 cm³/mol. The van der Waals surface area contributed by atoms with E-state index >= 15 is 0 Å². The van der Waals surface area contributed by atoms with E-state index in [4.69, 9.17) is 20.6 Å². The van der Waals surface area contributed by atoms with Crippen LogP contribution in [0, 0.1) is 12.8 Å². The highest BCUT2D eigenvalue weighted by Gasteiger charge is 2.37. The first-order valence-corrected chi connectivity index (χ1v) is 10.7. The van der Waals surface area contributed by atoms with Gasteiger partial charge in [0.1, 0.15) is 18.2 Å². The van der Waals surface area contributed by atoms with E-state index in [-0.39, 0.29) is 11.9 Å². The van der Waals surface area contributed by atoms with E-state index in [0.717, 1.165) is 23.6 Å². The summed E-state index contributed by atoms with van der Waals surface area (Å²) in [5.41, 5.74) is 7.23. The zero-order chi connectivity index (χ0) is 20.5. The Kier molecular flexibility index (Phi) is 5.58. The van der Waals surface area contributed by atoms with Gasteiger partial charge >= 0.3 is 0 Å². The van der Waals surface area contributed by atoms with Crippen molar-refractivity contribution in [2.75, 3.05) is 19.7 Å². The maximum atomic E-state index is 13.6.